The van der Waals surface area contributed by atoms with Crippen LogP contribution in [0.3, 0.4) is 0 Å². The molecule has 0 unspecified atom stereocenters. The number of hydrogen-bond acceptors (Lipinski definition) is 5. The number of aromatic nitrogens is 1. The van der Waals surface area contributed by atoms with Gasteiger partial charge in [-0.1, -0.05) is 18.5 Å². The molecule has 0 spiro atoms. The minimum atomic E-state index is -3.54. The summed E-state index contributed by atoms with van der Waals surface area (Å²) in [6, 6.07) is 9.48. The molecule has 2 aromatic carbocycles. The Morgan fingerprint density at radius 3 is 2.72 bits per heavy atom. The van der Waals surface area contributed by atoms with Crippen LogP contribution in [0.4, 0.5) is 5.69 Å². The van der Waals surface area contributed by atoms with Crippen LogP contribution < -0.4 is 5.32 Å². The summed E-state index contributed by atoms with van der Waals surface area (Å²) in [4.78, 5) is 17.1. The van der Waals surface area contributed by atoms with E-state index in [1.807, 2.05) is 0 Å². The molecular formula is C20H20ClN3O3S2. The predicted molar refractivity (Wildman–Crippen MR) is 116 cm³/mol. The quantitative estimate of drug-likeness (QED) is 0.630. The number of benzene rings is 2. The molecule has 1 aromatic heterocycles. The standard InChI is InChI=1S/C20H20ClN3O3S2/c1-13-3-2-10-24(11-13)29(26,27)15-6-4-14(5-7-15)20(25)23-17-9-8-16(21)18-19(17)28-12-22-18/h4-9,12-13H,2-3,10-11H2,1H3,(H,23,25)/t13-/m0/s1. The Morgan fingerprint density at radius 2 is 2.00 bits per heavy atom. The highest BCUT2D eigenvalue weighted by molar-refractivity contribution is 7.89. The van der Waals surface area contributed by atoms with Gasteiger partial charge in [0.05, 0.1) is 25.8 Å². The number of halogens is 1. The minimum Gasteiger partial charge on any atom is -0.321 e. The minimum absolute atomic E-state index is 0.208. The molecule has 1 amide bonds. The van der Waals surface area contributed by atoms with Gasteiger partial charge in [0.25, 0.3) is 5.91 Å². The van der Waals surface area contributed by atoms with Gasteiger partial charge in [-0.15, -0.1) is 11.3 Å². The number of thiazole rings is 1. The Kier molecular flexibility index (Phi) is 5.61. The average Bonchev–Trinajstić information content (AvgIpc) is 3.21. The van der Waals surface area contributed by atoms with Gasteiger partial charge in [0.15, 0.2) is 0 Å². The molecule has 4 rings (SSSR count). The third kappa shape index (κ3) is 4.02. The normalized spacial score (nSPS) is 18.1. The zero-order chi connectivity index (χ0) is 20.6. The molecule has 29 heavy (non-hydrogen) atoms. The Hall–Kier alpha value is -2.00. The van der Waals surface area contributed by atoms with Crippen molar-refractivity contribution in [3.63, 3.8) is 0 Å². The molecule has 6 nitrogen and oxygen atoms in total. The molecule has 1 N–H and O–H groups in total. The van der Waals surface area contributed by atoms with Gasteiger partial charge in [0, 0.05) is 18.7 Å². The molecule has 0 bridgehead atoms. The van der Waals surface area contributed by atoms with Crippen LogP contribution >= 0.6 is 22.9 Å². The summed E-state index contributed by atoms with van der Waals surface area (Å²) in [6.07, 6.45) is 1.91. The lowest BCUT2D eigenvalue weighted by Crippen LogP contribution is -2.39. The van der Waals surface area contributed by atoms with E-state index in [1.165, 1.54) is 39.9 Å². The molecular weight excluding hydrogens is 430 g/mol. The Labute approximate surface area is 178 Å². The van der Waals surface area contributed by atoms with Crippen molar-refractivity contribution < 1.29 is 13.2 Å². The largest absolute Gasteiger partial charge is 0.321 e. The Bertz CT molecular complexity index is 1160. The molecule has 1 fully saturated rings. The van der Waals surface area contributed by atoms with E-state index >= 15 is 0 Å². The van der Waals surface area contributed by atoms with Gasteiger partial charge in [-0.2, -0.15) is 4.31 Å². The third-order valence-corrected chi connectivity index (χ3v) is 8.10. The van der Waals surface area contributed by atoms with Crippen molar-refractivity contribution in [1.82, 2.24) is 9.29 Å². The molecule has 0 aliphatic carbocycles. The van der Waals surface area contributed by atoms with E-state index in [1.54, 1.807) is 17.6 Å². The molecule has 9 heteroatoms. The maximum Gasteiger partial charge on any atom is 0.255 e. The summed E-state index contributed by atoms with van der Waals surface area (Å²) < 4.78 is 28.0. The lowest BCUT2D eigenvalue weighted by atomic mass is 10.0. The van der Waals surface area contributed by atoms with Gasteiger partial charge >= 0.3 is 0 Å². The first-order valence-corrected chi connectivity index (χ1v) is 12.0. The maximum absolute atomic E-state index is 12.9. The zero-order valence-electron chi connectivity index (χ0n) is 15.8. The number of rotatable bonds is 4. The molecule has 0 radical (unpaired) electrons. The van der Waals surface area contributed by atoms with Crippen molar-refractivity contribution in [2.45, 2.75) is 24.7 Å². The van der Waals surface area contributed by atoms with Crippen molar-refractivity contribution in [3.8, 4) is 0 Å². The van der Waals surface area contributed by atoms with Crippen molar-refractivity contribution >= 4 is 54.8 Å². The fraction of sp³-hybridized carbons (Fsp3) is 0.300. The second-order valence-electron chi connectivity index (χ2n) is 7.21. The fourth-order valence-electron chi connectivity index (χ4n) is 3.50. The van der Waals surface area contributed by atoms with Crippen LogP contribution in [-0.4, -0.2) is 36.7 Å². The van der Waals surface area contributed by atoms with E-state index in [0.717, 1.165) is 17.5 Å². The molecule has 1 aliphatic rings. The number of fused-ring (bicyclic) bond motifs is 1. The molecule has 1 saturated heterocycles. The summed E-state index contributed by atoms with van der Waals surface area (Å²) in [5, 5.41) is 3.38. The number of amides is 1. The van der Waals surface area contributed by atoms with Gasteiger partial charge in [0.1, 0.15) is 5.52 Å². The topological polar surface area (TPSA) is 79.4 Å². The van der Waals surface area contributed by atoms with Crippen molar-refractivity contribution in [1.29, 1.82) is 0 Å². The monoisotopic (exact) mass is 449 g/mol. The lowest BCUT2D eigenvalue weighted by molar-refractivity contribution is 0.102. The Morgan fingerprint density at radius 1 is 1.24 bits per heavy atom. The number of nitrogens with one attached hydrogen (secondary N) is 1. The first-order chi connectivity index (χ1) is 13.9. The second kappa shape index (κ2) is 8.02. The highest BCUT2D eigenvalue weighted by Crippen LogP contribution is 2.32. The van der Waals surface area contributed by atoms with Gasteiger partial charge in [-0.25, -0.2) is 13.4 Å². The van der Waals surface area contributed by atoms with Gasteiger partial charge < -0.3 is 5.32 Å². The molecule has 152 valence electrons. The number of sulfonamides is 1. The summed E-state index contributed by atoms with van der Waals surface area (Å²) in [6.45, 7) is 3.13. The highest BCUT2D eigenvalue weighted by Gasteiger charge is 2.28. The van der Waals surface area contributed by atoms with Crippen LogP contribution in [0, 0.1) is 5.92 Å². The number of anilines is 1. The fourth-order valence-corrected chi connectivity index (χ4v) is 6.15. The SMILES string of the molecule is C[C@H]1CCCN(S(=O)(=O)c2ccc(C(=O)Nc3ccc(Cl)c4ncsc34)cc2)C1. The van der Waals surface area contributed by atoms with E-state index in [-0.39, 0.29) is 10.8 Å². The van der Waals surface area contributed by atoms with E-state index < -0.39 is 10.0 Å². The van der Waals surface area contributed by atoms with Crippen molar-refractivity contribution in [2.75, 3.05) is 18.4 Å². The van der Waals surface area contributed by atoms with E-state index in [2.05, 4.69) is 17.2 Å². The first kappa shape index (κ1) is 20.3. The summed E-state index contributed by atoms with van der Waals surface area (Å²) in [5.74, 6) is 0.0316. The van der Waals surface area contributed by atoms with Gasteiger partial charge in [0.2, 0.25) is 10.0 Å². The van der Waals surface area contributed by atoms with Gasteiger partial charge in [-0.3, -0.25) is 4.79 Å². The number of hydrogen-bond donors (Lipinski definition) is 1. The number of carbonyl (C=O) groups is 1. The van der Waals surface area contributed by atoms with Crippen LogP contribution in [-0.2, 0) is 10.0 Å². The predicted octanol–water partition coefficient (Wildman–Crippen LogP) is 4.62. The molecule has 3 aromatic rings. The summed E-state index contributed by atoms with van der Waals surface area (Å²) in [7, 11) is -3.54. The molecule has 2 heterocycles. The van der Waals surface area contributed by atoms with Crippen molar-refractivity contribution in [2.24, 2.45) is 5.92 Å². The molecule has 1 atom stereocenters. The smallest absolute Gasteiger partial charge is 0.255 e. The third-order valence-electron chi connectivity index (χ3n) is 5.06. The van der Waals surface area contributed by atoms with Crippen LogP contribution in [0.2, 0.25) is 5.02 Å². The van der Waals surface area contributed by atoms with E-state index in [9.17, 15) is 13.2 Å². The van der Waals surface area contributed by atoms with Crippen LogP contribution in [0.1, 0.15) is 30.1 Å². The molecule has 0 saturated carbocycles. The van der Waals surface area contributed by atoms with Crippen LogP contribution in [0.5, 0.6) is 0 Å². The highest BCUT2D eigenvalue weighted by atomic mass is 35.5. The second-order valence-corrected chi connectivity index (χ2v) is 10.4. The summed E-state index contributed by atoms with van der Waals surface area (Å²) in [5.41, 5.74) is 3.32. The van der Waals surface area contributed by atoms with E-state index in [4.69, 9.17) is 11.6 Å². The Balaban J connectivity index is 1.53. The average molecular weight is 450 g/mol. The lowest BCUT2D eigenvalue weighted by Gasteiger charge is -2.30. The molecule has 1 aliphatic heterocycles. The van der Waals surface area contributed by atoms with Gasteiger partial charge in [-0.05, 0) is 55.2 Å². The van der Waals surface area contributed by atoms with E-state index in [0.29, 0.717) is 40.8 Å². The van der Waals surface area contributed by atoms with Crippen molar-refractivity contribution in [3.05, 3.63) is 52.5 Å². The number of carbonyl (C=O) groups excluding carboxylic acids is 1. The number of piperidine rings is 1. The van der Waals surface area contributed by atoms with Crippen LogP contribution in [0.25, 0.3) is 10.2 Å². The number of nitrogens with zero attached hydrogens (tertiary/aromatic N) is 2. The summed E-state index contributed by atoms with van der Waals surface area (Å²) >= 11 is 7.52. The first-order valence-electron chi connectivity index (χ1n) is 9.29. The maximum atomic E-state index is 12.9. The zero-order valence-corrected chi connectivity index (χ0v) is 18.1. The van der Waals surface area contributed by atoms with Crippen LogP contribution in [0.15, 0.2) is 46.8 Å².